The van der Waals surface area contributed by atoms with E-state index in [0.717, 1.165) is 38.1 Å². The first-order valence-electron chi connectivity index (χ1n) is 12.0. The molecule has 0 atom stereocenters. The van der Waals surface area contributed by atoms with Crippen LogP contribution in [-0.4, -0.2) is 33.9 Å². The molecule has 1 saturated heterocycles. The van der Waals surface area contributed by atoms with Gasteiger partial charge in [0.05, 0.1) is 46.5 Å². The highest BCUT2D eigenvalue weighted by Crippen LogP contribution is 2.38. The Labute approximate surface area is 223 Å². The Bertz CT molecular complexity index is 1800. The highest BCUT2D eigenvalue weighted by molar-refractivity contribution is 6.34. The predicted octanol–water partition coefficient (Wildman–Crippen LogP) is 6.80. The fourth-order valence-electron chi connectivity index (χ4n) is 4.97. The van der Waals surface area contributed by atoms with Gasteiger partial charge in [-0.2, -0.15) is 5.26 Å². The van der Waals surface area contributed by atoms with Crippen LogP contribution in [0.4, 0.5) is 0 Å². The van der Waals surface area contributed by atoms with Gasteiger partial charge in [-0.1, -0.05) is 59.3 Å². The quantitative estimate of drug-likeness (QED) is 0.196. The second-order valence-corrected chi connectivity index (χ2v) is 10.1. The number of nitrogens with one attached hydrogen (secondary N) is 1. The van der Waals surface area contributed by atoms with E-state index in [4.69, 9.17) is 32.9 Å². The molecule has 5 aromatic rings. The van der Waals surface area contributed by atoms with E-state index in [-0.39, 0.29) is 0 Å². The number of hydrogen-bond donors (Lipinski definition) is 2. The molecule has 7 heteroatoms. The van der Waals surface area contributed by atoms with Crippen LogP contribution in [0.15, 0.2) is 54.6 Å². The molecule has 0 unspecified atom stereocenters. The number of imidazole rings is 1. The summed E-state index contributed by atoms with van der Waals surface area (Å²) in [6.07, 6.45) is 1.57. The van der Waals surface area contributed by atoms with Crippen LogP contribution in [0.3, 0.4) is 0 Å². The Morgan fingerprint density at radius 3 is 2.59 bits per heavy atom. The van der Waals surface area contributed by atoms with Crippen LogP contribution < -0.4 is 0 Å². The molecular formula is C30H21Cl2N3O2. The van der Waals surface area contributed by atoms with Crippen molar-refractivity contribution in [2.45, 2.75) is 24.9 Å². The van der Waals surface area contributed by atoms with Gasteiger partial charge in [-0.05, 0) is 46.7 Å². The number of nitrogens with zero attached hydrogens (tertiary/aromatic N) is 2. The van der Waals surface area contributed by atoms with E-state index in [1.54, 1.807) is 18.2 Å². The van der Waals surface area contributed by atoms with Gasteiger partial charge in [0.25, 0.3) is 0 Å². The number of benzene rings is 4. The summed E-state index contributed by atoms with van der Waals surface area (Å²) in [6, 6.07) is 19.4. The van der Waals surface area contributed by atoms with Gasteiger partial charge < -0.3 is 14.8 Å². The van der Waals surface area contributed by atoms with Crippen LogP contribution in [0.25, 0.3) is 44.0 Å². The highest BCUT2D eigenvalue weighted by atomic mass is 35.5. The summed E-state index contributed by atoms with van der Waals surface area (Å²) < 4.78 is 5.34. The molecule has 2 N–H and O–H groups in total. The molecule has 1 aromatic heterocycles. The van der Waals surface area contributed by atoms with Crippen molar-refractivity contribution in [3.05, 3.63) is 75.8 Å². The summed E-state index contributed by atoms with van der Waals surface area (Å²) >= 11 is 12.9. The molecule has 2 heterocycles. The fourth-order valence-corrected chi connectivity index (χ4v) is 5.41. The molecule has 0 radical (unpaired) electrons. The first-order valence-corrected chi connectivity index (χ1v) is 12.7. The number of rotatable bonds is 2. The Balaban J connectivity index is 1.52. The van der Waals surface area contributed by atoms with E-state index in [1.807, 2.05) is 24.3 Å². The van der Waals surface area contributed by atoms with E-state index >= 15 is 0 Å². The number of aromatic amines is 1. The molecule has 182 valence electrons. The number of nitriles is 1. The van der Waals surface area contributed by atoms with Gasteiger partial charge in [0.2, 0.25) is 0 Å². The smallest absolute Gasteiger partial charge is 0.141 e. The third kappa shape index (κ3) is 4.31. The maximum atomic E-state index is 10.7. The standard InChI is InChI=1S/C30H21Cl2N3O2/c31-20-7-9-22-24(16-20)23-15-18(3-2-10-30(36)11-13-37-14-12-30)6-8-21(23)27-28(22)35-29(34-27)26-19(17-33)4-1-5-25(26)32/h1,4-9,15-16,36H,3,11-14H2,(H,34,35). The van der Waals surface area contributed by atoms with Gasteiger partial charge in [-0.25, -0.2) is 4.98 Å². The molecule has 5 nitrogen and oxygen atoms in total. The second-order valence-electron chi connectivity index (χ2n) is 9.28. The third-order valence-corrected chi connectivity index (χ3v) is 7.44. The molecule has 0 spiro atoms. The first kappa shape index (κ1) is 23.8. The molecule has 6 rings (SSSR count). The lowest BCUT2D eigenvalue weighted by atomic mass is 9.94. The average molecular weight is 526 g/mol. The van der Waals surface area contributed by atoms with Gasteiger partial charge >= 0.3 is 0 Å². The lowest BCUT2D eigenvalue weighted by molar-refractivity contribution is -0.0262. The molecule has 0 bridgehead atoms. The van der Waals surface area contributed by atoms with Crippen molar-refractivity contribution in [3.8, 4) is 29.3 Å². The van der Waals surface area contributed by atoms with Crippen molar-refractivity contribution >= 4 is 55.8 Å². The lowest BCUT2D eigenvalue weighted by Crippen LogP contribution is -2.34. The Kier molecular flexibility index (Phi) is 6.03. The minimum atomic E-state index is -0.977. The van der Waals surface area contributed by atoms with Crippen molar-refractivity contribution in [2.75, 3.05) is 13.2 Å². The largest absolute Gasteiger partial charge is 0.381 e. The molecule has 1 fully saturated rings. The van der Waals surface area contributed by atoms with Crippen molar-refractivity contribution < 1.29 is 9.84 Å². The fraction of sp³-hybridized carbons (Fsp3) is 0.200. The molecule has 0 aliphatic carbocycles. The number of fused-ring (bicyclic) bond motifs is 6. The summed E-state index contributed by atoms with van der Waals surface area (Å²) in [5.74, 6) is 6.77. The third-order valence-electron chi connectivity index (χ3n) is 6.89. The first-order chi connectivity index (χ1) is 18.0. The Hall–Kier alpha value is -3.58. The minimum absolute atomic E-state index is 0.454. The van der Waals surface area contributed by atoms with Gasteiger partial charge in [0.1, 0.15) is 11.4 Å². The number of halogens is 2. The van der Waals surface area contributed by atoms with Crippen LogP contribution >= 0.6 is 23.2 Å². The van der Waals surface area contributed by atoms with Crippen LogP contribution in [0.1, 0.15) is 24.0 Å². The summed E-state index contributed by atoms with van der Waals surface area (Å²) in [5.41, 5.74) is 2.74. The Morgan fingerprint density at radius 1 is 1.00 bits per heavy atom. The van der Waals surface area contributed by atoms with Gasteiger partial charge in [-0.3, -0.25) is 0 Å². The van der Waals surface area contributed by atoms with Gasteiger partial charge in [-0.15, -0.1) is 0 Å². The van der Waals surface area contributed by atoms with Crippen LogP contribution in [-0.2, 0) is 11.2 Å². The Morgan fingerprint density at radius 2 is 1.78 bits per heavy atom. The highest BCUT2D eigenvalue weighted by Gasteiger charge is 2.27. The second kappa shape index (κ2) is 9.38. The zero-order valence-electron chi connectivity index (χ0n) is 19.7. The van der Waals surface area contributed by atoms with E-state index in [1.165, 1.54) is 0 Å². The van der Waals surface area contributed by atoms with E-state index < -0.39 is 5.60 Å². The topological polar surface area (TPSA) is 81.9 Å². The number of H-pyrrole nitrogens is 1. The molecule has 37 heavy (non-hydrogen) atoms. The predicted molar refractivity (Wildman–Crippen MR) is 148 cm³/mol. The van der Waals surface area contributed by atoms with E-state index in [2.05, 4.69) is 35.0 Å². The number of hydrogen-bond acceptors (Lipinski definition) is 4. The molecule has 1 aliphatic heterocycles. The average Bonchev–Trinajstić information content (AvgIpc) is 3.34. The number of aliphatic hydroxyl groups is 1. The van der Waals surface area contributed by atoms with Crippen LogP contribution in [0.5, 0.6) is 0 Å². The van der Waals surface area contributed by atoms with Crippen molar-refractivity contribution in [1.29, 1.82) is 5.26 Å². The lowest BCUT2D eigenvalue weighted by Gasteiger charge is -2.26. The molecule has 1 aliphatic rings. The molecule has 4 aromatic carbocycles. The summed E-state index contributed by atoms with van der Waals surface area (Å²) in [4.78, 5) is 8.33. The summed E-state index contributed by atoms with van der Waals surface area (Å²) in [6.45, 7) is 1.06. The number of ether oxygens (including phenoxy) is 1. The van der Waals surface area contributed by atoms with E-state index in [9.17, 15) is 10.4 Å². The summed E-state index contributed by atoms with van der Waals surface area (Å²) in [5, 5.41) is 25.3. The SMILES string of the molecule is N#Cc1cccc(Cl)c1-c1nc2c3ccc(Cl)cc3c3cc(CC#CC4(O)CCOCC4)ccc3c2[nH]1. The zero-order valence-corrected chi connectivity index (χ0v) is 21.2. The van der Waals surface area contributed by atoms with Gasteiger partial charge in [0.15, 0.2) is 0 Å². The maximum Gasteiger partial charge on any atom is 0.141 e. The van der Waals surface area contributed by atoms with Crippen molar-refractivity contribution in [3.63, 3.8) is 0 Å². The maximum absolute atomic E-state index is 10.7. The molecule has 0 amide bonds. The molecule has 0 saturated carbocycles. The normalized spacial score (nSPS) is 15.0. The van der Waals surface area contributed by atoms with Crippen LogP contribution in [0, 0.1) is 23.2 Å². The van der Waals surface area contributed by atoms with Crippen LogP contribution in [0.2, 0.25) is 10.0 Å². The molecular weight excluding hydrogens is 505 g/mol. The van der Waals surface area contributed by atoms with Gasteiger partial charge in [0, 0.05) is 35.1 Å². The monoisotopic (exact) mass is 525 g/mol. The van der Waals surface area contributed by atoms with E-state index in [0.29, 0.717) is 59.5 Å². The summed E-state index contributed by atoms with van der Waals surface area (Å²) in [7, 11) is 0. The number of aromatic nitrogens is 2. The zero-order chi connectivity index (χ0) is 25.6. The minimum Gasteiger partial charge on any atom is -0.381 e. The van der Waals surface area contributed by atoms with Crippen molar-refractivity contribution in [1.82, 2.24) is 9.97 Å². The van der Waals surface area contributed by atoms with Crippen molar-refractivity contribution in [2.24, 2.45) is 0 Å².